The lowest BCUT2D eigenvalue weighted by Gasteiger charge is -2.35. The van der Waals surface area contributed by atoms with Gasteiger partial charge in [-0.2, -0.15) is 0 Å². The second kappa shape index (κ2) is 10.1. The number of hydrogen-bond donors (Lipinski definition) is 7. The molecule has 12 nitrogen and oxygen atoms in total. The number of fused-ring (bicyclic) bond motifs is 1. The molecule has 35 heavy (non-hydrogen) atoms. The number of halogens is 2. The number of hydrogen-bond acceptors (Lipinski definition) is 7. The molecule has 1 aromatic carbocycles. The van der Waals surface area contributed by atoms with Crippen LogP contribution in [0.2, 0.25) is 0 Å². The monoisotopic (exact) mass is 610 g/mol. The van der Waals surface area contributed by atoms with Crippen molar-refractivity contribution in [1.82, 2.24) is 20.3 Å². The number of aromatic nitrogens is 3. The van der Waals surface area contributed by atoms with Gasteiger partial charge in [-0.3, -0.25) is 9.59 Å². The quantitative estimate of drug-likeness (QED) is 0.185. The van der Waals surface area contributed by atoms with E-state index in [0.29, 0.717) is 31.9 Å². The first-order valence-corrected chi connectivity index (χ1v) is 12.0. The fraction of sp³-hybridized carbons (Fsp3) is 0.238. The highest BCUT2D eigenvalue weighted by molar-refractivity contribution is 9.13. The van der Waals surface area contributed by atoms with Gasteiger partial charge in [0.1, 0.15) is 11.4 Å². The van der Waals surface area contributed by atoms with Gasteiger partial charge in [0.25, 0.3) is 5.91 Å². The maximum absolute atomic E-state index is 12.9. The highest BCUT2D eigenvalue weighted by atomic mass is 79.9. The van der Waals surface area contributed by atoms with Gasteiger partial charge >= 0.3 is 5.97 Å². The number of benzene rings is 1. The van der Waals surface area contributed by atoms with E-state index in [1.54, 1.807) is 24.3 Å². The van der Waals surface area contributed by atoms with Crippen molar-refractivity contribution in [3.8, 4) is 5.75 Å². The van der Waals surface area contributed by atoms with Crippen molar-refractivity contribution < 1.29 is 30.0 Å². The molecule has 10 N–H and O–H groups in total. The molecule has 0 saturated carbocycles. The number of rotatable bonds is 8. The summed E-state index contributed by atoms with van der Waals surface area (Å²) in [6.45, 7) is 0.117. The molecule has 0 bridgehead atoms. The van der Waals surface area contributed by atoms with Crippen molar-refractivity contribution >= 4 is 61.2 Å². The second-order valence-corrected chi connectivity index (χ2v) is 9.56. The van der Waals surface area contributed by atoms with E-state index >= 15 is 0 Å². The molecule has 3 aromatic rings. The first-order chi connectivity index (χ1) is 16.6. The normalized spacial score (nSPS) is 17.6. The van der Waals surface area contributed by atoms with E-state index in [-0.39, 0.29) is 30.4 Å². The Kier molecular flexibility index (Phi) is 7.14. The summed E-state index contributed by atoms with van der Waals surface area (Å²) >= 11 is 6.64. The summed E-state index contributed by atoms with van der Waals surface area (Å²) < 4.78 is 7.54. The van der Waals surface area contributed by atoms with Crippen LogP contribution >= 0.6 is 31.9 Å². The number of carboxylic acids is 1. The van der Waals surface area contributed by atoms with E-state index in [1.807, 2.05) is 0 Å². The Balaban J connectivity index is 1.61. The van der Waals surface area contributed by atoms with Crippen molar-refractivity contribution in [3.63, 3.8) is 0 Å². The molecule has 0 unspecified atom stereocenters. The summed E-state index contributed by atoms with van der Waals surface area (Å²) in [5, 5.41) is 15.3. The lowest BCUT2D eigenvalue weighted by Crippen LogP contribution is -2.65. The number of aliphatic carboxylic acids is 1. The molecule has 0 aliphatic carbocycles. The summed E-state index contributed by atoms with van der Waals surface area (Å²) in [6.07, 6.45) is 0.640. The van der Waals surface area contributed by atoms with Gasteiger partial charge < -0.3 is 41.9 Å². The molecular formula is C21H22Br2N7O5+. The SMILES string of the molecule is Nc1ncc([C@@H]2Oc3cccc(C(=O)C[C@H]([NH3+])C(=O)O)c3N[C@@H]2CNC(=O)c2cc(Br)c(Br)[nH]2)[nH]1. The van der Waals surface area contributed by atoms with Gasteiger partial charge in [0.15, 0.2) is 23.9 Å². The zero-order valence-corrected chi connectivity index (χ0v) is 21.3. The molecule has 1 aliphatic heterocycles. The first kappa shape index (κ1) is 24.8. The van der Waals surface area contributed by atoms with Gasteiger partial charge in [-0.05, 0) is 50.1 Å². The number of carbonyl (C=O) groups excluding carboxylic acids is 2. The minimum atomic E-state index is -1.16. The minimum absolute atomic E-state index is 0.117. The largest absolute Gasteiger partial charge is 0.480 e. The van der Waals surface area contributed by atoms with Gasteiger partial charge in [0.2, 0.25) is 0 Å². The lowest BCUT2D eigenvalue weighted by molar-refractivity contribution is -0.405. The average Bonchev–Trinajstić information content (AvgIpc) is 3.41. The van der Waals surface area contributed by atoms with Crippen LogP contribution < -0.4 is 26.8 Å². The Morgan fingerprint density at radius 2 is 2.06 bits per heavy atom. The Hall–Kier alpha value is -3.36. The van der Waals surface area contributed by atoms with Crippen LogP contribution in [0.1, 0.15) is 39.1 Å². The van der Waals surface area contributed by atoms with E-state index in [4.69, 9.17) is 15.6 Å². The fourth-order valence-corrected chi connectivity index (χ4v) is 4.33. The molecule has 1 aliphatic rings. The first-order valence-electron chi connectivity index (χ1n) is 10.4. The molecule has 1 amide bonds. The van der Waals surface area contributed by atoms with Crippen molar-refractivity contribution in [3.05, 3.63) is 56.5 Å². The van der Waals surface area contributed by atoms with Crippen molar-refractivity contribution in [2.24, 2.45) is 0 Å². The third-order valence-electron chi connectivity index (χ3n) is 5.43. The van der Waals surface area contributed by atoms with E-state index < -0.39 is 29.9 Å². The third kappa shape index (κ3) is 5.33. The fourth-order valence-electron chi connectivity index (χ4n) is 3.67. The highest BCUT2D eigenvalue weighted by Gasteiger charge is 2.35. The number of nitrogens with one attached hydrogen (secondary N) is 4. The van der Waals surface area contributed by atoms with Crippen LogP contribution in [0.3, 0.4) is 0 Å². The standard InChI is InChI=1S/C21H21Br2N7O5/c22-9-4-11(29-18(9)23)19(32)26-6-12-17(13-7-27-21(25)30-13)35-15-3-1-2-8(16(15)28-12)14(31)5-10(24)20(33)34/h1-4,7,10,12,17,28-29H,5-6,24H2,(H,26,32)(H,33,34)(H3,25,27,30)/p+1/t10-,12+,17+/m0/s1. The Bertz CT molecular complexity index is 1270. The number of anilines is 2. The second-order valence-electron chi connectivity index (χ2n) is 7.91. The summed E-state index contributed by atoms with van der Waals surface area (Å²) in [6, 6.07) is 4.95. The van der Waals surface area contributed by atoms with Crippen LogP contribution in [0.5, 0.6) is 5.75 Å². The predicted octanol–water partition coefficient (Wildman–Crippen LogP) is 1.46. The highest BCUT2D eigenvalue weighted by Crippen LogP contribution is 2.39. The summed E-state index contributed by atoms with van der Waals surface area (Å²) in [5.74, 6) is -1.30. The maximum atomic E-state index is 12.9. The van der Waals surface area contributed by atoms with E-state index in [2.05, 4.69) is 63.2 Å². The van der Waals surface area contributed by atoms with Crippen molar-refractivity contribution in [2.45, 2.75) is 24.6 Å². The van der Waals surface area contributed by atoms with Gasteiger partial charge in [0.05, 0.1) is 39.1 Å². The Labute approximate surface area is 215 Å². The molecule has 3 heterocycles. The van der Waals surface area contributed by atoms with Gasteiger partial charge in [-0.25, -0.2) is 9.78 Å². The minimum Gasteiger partial charge on any atom is -0.480 e. The van der Waals surface area contributed by atoms with Crippen molar-refractivity contribution in [2.75, 3.05) is 17.6 Å². The zero-order valence-electron chi connectivity index (χ0n) is 18.1. The van der Waals surface area contributed by atoms with Crippen LogP contribution in [-0.2, 0) is 4.79 Å². The Morgan fingerprint density at radius 3 is 2.69 bits per heavy atom. The summed E-state index contributed by atoms with van der Waals surface area (Å²) in [4.78, 5) is 46.6. The van der Waals surface area contributed by atoms with Crippen LogP contribution in [-0.4, -0.2) is 56.3 Å². The van der Waals surface area contributed by atoms with E-state index in [0.717, 1.165) is 0 Å². The number of ether oxygens (including phenoxy) is 1. The summed E-state index contributed by atoms with van der Waals surface area (Å²) in [7, 11) is 0. The number of para-hydroxylation sites is 1. The number of carboxylic acid groups (broad SMARTS) is 1. The number of amides is 1. The number of carbonyl (C=O) groups is 3. The number of imidazole rings is 1. The zero-order chi connectivity index (χ0) is 25.3. The number of nitrogens with zero attached hydrogens (tertiary/aromatic N) is 1. The van der Waals surface area contributed by atoms with Crippen molar-refractivity contribution in [1.29, 1.82) is 0 Å². The number of nitrogen functional groups attached to an aromatic ring is 1. The van der Waals surface area contributed by atoms with Crippen LogP contribution in [0.15, 0.2) is 39.5 Å². The average molecular weight is 612 g/mol. The molecule has 0 fully saturated rings. The third-order valence-corrected chi connectivity index (χ3v) is 7.21. The molecule has 184 valence electrons. The van der Waals surface area contributed by atoms with Crippen LogP contribution in [0.4, 0.5) is 11.6 Å². The number of H-pyrrole nitrogens is 2. The molecule has 14 heteroatoms. The molecule has 0 spiro atoms. The van der Waals surface area contributed by atoms with E-state index in [1.165, 1.54) is 6.20 Å². The maximum Gasteiger partial charge on any atom is 0.362 e. The Morgan fingerprint density at radius 1 is 1.29 bits per heavy atom. The number of quaternary nitrogens is 1. The molecular weight excluding hydrogens is 590 g/mol. The van der Waals surface area contributed by atoms with Crippen LogP contribution in [0, 0.1) is 0 Å². The van der Waals surface area contributed by atoms with Crippen LogP contribution in [0.25, 0.3) is 0 Å². The molecule has 3 atom stereocenters. The molecule has 0 radical (unpaired) electrons. The molecule has 2 aromatic heterocycles. The topological polar surface area (TPSA) is 203 Å². The smallest absolute Gasteiger partial charge is 0.362 e. The molecule has 0 saturated heterocycles. The van der Waals surface area contributed by atoms with Gasteiger partial charge in [0, 0.05) is 12.1 Å². The number of nitrogens with two attached hydrogens (primary N) is 1. The van der Waals surface area contributed by atoms with E-state index in [9.17, 15) is 14.4 Å². The number of Topliss-reactive ketones (excluding diaryl/α,β-unsaturated/α-hetero) is 1. The lowest BCUT2D eigenvalue weighted by atomic mass is 9.98. The number of aromatic amines is 2. The van der Waals surface area contributed by atoms with Gasteiger partial charge in [-0.1, -0.05) is 6.07 Å². The van der Waals surface area contributed by atoms with Gasteiger partial charge in [-0.15, -0.1) is 0 Å². The summed E-state index contributed by atoms with van der Waals surface area (Å²) in [5.41, 5.74) is 10.9. The molecule has 4 rings (SSSR count). The predicted molar refractivity (Wildman–Crippen MR) is 132 cm³/mol. The number of ketones is 1.